The normalized spacial score (nSPS) is 15.8. The van der Waals surface area contributed by atoms with Gasteiger partial charge in [0.1, 0.15) is 0 Å². The van der Waals surface area contributed by atoms with Crippen LogP contribution in [0.4, 0.5) is 0 Å². The summed E-state index contributed by atoms with van der Waals surface area (Å²) in [5, 5.41) is 4.65. The second kappa shape index (κ2) is 7.47. The van der Waals surface area contributed by atoms with Crippen LogP contribution in [0.5, 0.6) is 0 Å². The lowest BCUT2D eigenvalue weighted by atomic mass is 10.1. The number of para-hydroxylation sites is 1. The van der Waals surface area contributed by atoms with Crippen LogP contribution in [0.3, 0.4) is 0 Å². The highest BCUT2D eigenvalue weighted by Crippen LogP contribution is 2.35. The minimum Gasteiger partial charge on any atom is -0.335 e. The molecule has 4 nitrogen and oxygen atoms in total. The Morgan fingerprint density at radius 3 is 2.61 bits per heavy atom. The van der Waals surface area contributed by atoms with Gasteiger partial charge in [-0.25, -0.2) is 4.68 Å². The highest BCUT2D eigenvalue weighted by Gasteiger charge is 2.27. The average molecular weight is 371 g/mol. The maximum absolute atomic E-state index is 12.8. The summed E-state index contributed by atoms with van der Waals surface area (Å²) in [7, 11) is 1.90. The quantitative estimate of drug-likeness (QED) is 0.626. The first-order valence-electron chi connectivity index (χ1n) is 9.70. The van der Waals surface area contributed by atoms with E-state index in [1.807, 2.05) is 66.9 Å². The Bertz CT molecular complexity index is 1030. The van der Waals surface area contributed by atoms with Crippen LogP contribution >= 0.6 is 0 Å². The predicted octanol–water partition coefficient (Wildman–Crippen LogP) is 4.65. The third-order valence-corrected chi connectivity index (χ3v) is 5.66. The summed E-state index contributed by atoms with van der Waals surface area (Å²) in [6.07, 6.45) is 5.59. The van der Waals surface area contributed by atoms with Crippen LogP contribution in [0.2, 0.25) is 0 Å². The van der Waals surface area contributed by atoms with E-state index in [-0.39, 0.29) is 11.9 Å². The number of hydrogen-bond donors (Lipinski definition) is 0. The number of benzene rings is 2. The van der Waals surface area contributed by atoms with Crippen molar-refractivity contribution < 1.29 is 4.79 Å². The Hall–Kier alpha value is -3.14. The van der Waals surface area contributed by atoms with Gasteiger partial charge in [-0.3, -0.25) is 4.79 Å². The first-order chi connectivity index (χ1) is 13.6. The van der Waals surface area contributed by atoms with E-state index in [0.717, 1.165) is 35.5 Å². The molecule has 0 saturated heterocycles. The zero-order valence-corrected chi connectivity index (χ0v) is 16.6. The molecule has 142 valence electrons. The van der Waals surface area contributed by atoms with E-state index in [0.29, 0.717) is 0 Å². The molecule has 1 aromatic heterocycles. The Morgan fingerprint density at radius 2 is 1.82 bits per heavy atom. The fourth-order valence-electron chi connectivity index (χ4n) is 4.08. The molecule has 0 aliphatic heterocycles. The number of likely N-dealkylation sites (N-methyl/N-ethyl adjacent to an activating group) is 1. The number of rotatable bonds is 4. The van der Waals surface area contributed by atoms with Crippen molar-refractivity contribution in [2.24, 2.45) is 0 Å². The highest BCUT2D eigenvalue weighted by molar-refractivity contribution is 5.92. The van der Waals surface area contributed by atoms with Crippen LogP contribution in [0.15, 0.2) is 60.7 Å². The van der Waals surface area contributed by atoms with Gasteiger partial charge in [0.2, 0.25) is 5.91 Å². The van der Waals surface area contributed by atoms with Crippen LogP contribution in [0.25, 0.3) is 11.8 Å². The van der Waals surface area contributed by atoms with E-state index in [1.165, 1.54) is 11.1 Å². The molecule has 4 rings (SSSR count). The van der Waals surface area contributed by atoms with E-state index in [4.69, 9.17) is 0 Å². The van der Waals surface area contributed by atoms with Gasteiger partial charge in [-0.2, -0.15) is 5.10 Å². The van der Waals surface area contributed by atoms with E-state index in [1.54, 1.807) is 6.08 Å². The molecule has 0 fully saturated rings. The molecule has 0 N–H and O–H groups in total. The predicted molar refractivity (Wildman–Crippen MR) is 112 cm³/mol. The van der Waals surface area contributed by atoms with E-state index in [2.05, 4.69) is 29.4 Å². The SMILES string of the molecule is Cc1nn(-c2ccccc2)c(C)c1/C=C/C(=O)N(C)C1CCc2ccccc21. The first kappa shape index (κ1) is 18.2. The van der Waals surface area contributed by atoms with Gasteiger partial charge in [0.25, 0.3) is 0 Å². The van der Waals surface area contributed by atoms with E-state index < -0.39 is 0 Å². The number of aryl methyl sites for hydroxylation is 2. The Labute approximate surface area is 166 Å². The summed E-state index contributed by atoms with van der Waals surface area (Å²) >= 11 is 0. The molecule has 0 saturated carbocycles. The maximum atomic E-state index is 12.8. The molecule has 0 bridgehead atoms. The Morgan fingerprint density at radius 1 is 1.11 bits per heavy atom. The lowest BCUT2D eigenvalue weighted by Crippen LogP contribution is -2.28. The summed E-state index contributed by atoms with van der Waals surface area (Å²) in [6.45, 7) is 4.02. The first-order valence-corrected chi connectivity index (χ1v) is 9.70. The van der Waals surface area contributed by atoms with Crippen molar-refractivity contribution in [2.75, 3.05) is 7.05 Å². The van der Waals surface area contributed by atoms with Crippen LogP contribution < -0.4 is 0 Å². The third-order valence-electron chi connectivity index (χ3n) is 5.66. The largest absolute Gasteiger partial charge is 0.335 e. The number of amides is 1. The summed E-state index contributed by atoms with van der Waals surface area (Å²) < 4.78 is 1.93. The van der Waals surface area contributed by atoms with Gasteiger partial charge in [-0.05, 0) is 56.0 Å². The number of aromatic nitrogens is 2. The van der Waals surface area contributed by atoms with Gasteiger partial charge >= 0.3 is 0 Å². The molecule has 28 heavy (non-hydrogen) atoms. The number of hydrogen-bond acceptors (Lipinski definition) is 2. The van der Waals surface area contributed by atoms with Crippen LogP contribution in [0, 0.1) is 13.8 Å². The number of carbonyl (C=O) groups excluding carboxylic acids is 1. The van der Waals surface area contributed by atoms with Crippen molar-refractivity contribution >= 4 is 12.0 Å². The van der Waals surface area contributed by atoms with Gasteiger partial charge < -0.3 is 4.90 Å². The lowest BCUT2D eigenvalue weighted by Gasteiger charge is -2.24. The molecule has 1 atom stereocenters. The summed E-state index contributed by atoms with van der Waals surface area (Å²) in [6, 6.07) is 18.6. The molecule has 1 unspecified atom stereocenters. The summed E-state index contributed by atoms with van der Waals surface area (Å²) in [4.78, 5) is 14.7. The van der Waals surface area contributed by atoms with Crippen LogP contribution in [-0.4, -0.2) is 27.6 Å². The molecule has 3 aromatic rings. The molecule has 1 aliphatic rings. The topological polar surface area (TPSA) is 38.1 Å². The van der Waals surface area contributed by atoms with Crippen molar-refractivity contribution in [1.29, 1.82) is 0 Å². The molecule has 1 aliphatic carbocycles. The van der Waals surface area contributed by atoms with Crippen molar-refractivity contribution in [1.82, 2.24) is 14.7 Å². The van der Waals surface area contributed by atoms with Gasteiger partial charge in [-0.15, -0.1) is 0 Å². The van der Waals surface area contributed by atoms with Crippen molar-refractivity contribution in [3.63, 3.8) is 0 Å². The summed E-state index contributed by atoms with van der Waals surface area (Å²) in [5.74, 6) is 0.0213. The third kappa shape index (κ3) is 3.26. The zero-order valence-electron chi connectivity index (χ0n) is 16.6. The number of fused-ring (bicyclic) bond motifs is 1. The van der Waals surface area contributed by atoms with Crippen molar-refractivity contribution in [3.8, 4) is 5.69 Å². The maximum Gasteiger partial charge on any atom is 0.246 e. The molecular formula is C24H25N3O. The van der Waals surface area contributed by atoms with Crippen molar-refractivity contribution in [2.45, 2.75) is 32.7 Å². The average Bonchev–Trinajstić information content (AvgIpc) is 3.27. The highest BCUT2D eigenvalue weighted by atomic mass is 16.2. The molecule has 2 aromatic carbocycles. The van der Waals surface area contributed by atoms with Gasteiger partial charge in [0.05, 0.1) is 17.4 Å². The van der Waals surface area contributed by atoms with Crippen molar-refractivity contribution in [3.05, 3.63) is 88.8 Å². The number of carbonyl (C=O) groups is 1. The summed E-state index contributed by atoms with van der Waals surface area (Å²) in [5.41, 5.74) is 6.59. The smallest absolute Gasteiger partial charge is 0.246 e. The van der Waals surface area contributed by atoms with E-state index >= 15 is 0 Å². The standard InChI is InChI=1S/C24H25N3O/c1-17-21(18(2)27(25-17)20-10-5-4-6-11-20)14-16-24(28)26(3)23-15-13-19-9-7-8-12-22(19)23/h4-12,14,16,23H,13,15H2,1-3H3/b16-14+. The van der Waals surface area contributed by atoms with Crippen LogP contribution in [-0.2, 0) is 11.2 Å². The minimum absolute atomic E-state index is 0.0213. The lowest BCUT2D eigenvalue weighted by molar-refractivity contribution is -0.126. The van der Waals surface area contributed by atoms with Gasteiger partial charge in [0, 0.05) is 24.4 Å². The van der Waals surface area contributed by atoms with Gasteiger partial charge in [-0.1, -0.05) is 42.5 Å². The molecule has 0 radical (unpaired) electrons. The fraction of sp³-hybridized carbons (Fsp3) is 0.250. The molecule has 4 heteroatoms. The monoisotopic (exact) mass is 371 g/mol. The molecule has 0 spiro atoms. The second-order valence-corrected chi connectivity index (χ2v) is 7.37. The zero-order chi connectivity index (χ0) is 19.7. The Balaban J connectivity index is 1.55. The molecular weight excluding hydrogens is 346 g/mol. The van der Waals surface area contributed by atoms with Crippen LogP contribution in [0.1, 0.15) is 40.5 Å². The Kier molecular flexibility index (Phi) is 4.86. The number of nitrogens with zero attached hydrogens (tertiary/aromatic N) is 3. The minimum atomic E-state index is 0.0213. The second-order valence-electron chi connectivity index (χ2n) is 7.37. The van der Waals surface area contributed by atoms with E-state index in [9.17, 15) is 4.79 Å². The molecule has 1 amide bonds. The molecule has 1 heterocycles. The fourth-order valence-corrected chi connectivity index (χ4v) is 4.08. The van der Waals surface area contributed by atoms with Gasteiger partial charge in [0.15, 0.2) is 0 Å².